The van der Waals surface area contributed by atoms with Crippen LogP contribution in [0.1, 0.15) is 25.7 Å². The summed E-state index contributed by atoms with van der Waals surface area (Å²) in [5.41, 5.74) is 0.371. The van der Waals surface area contributed by atoms with E-state index in [1.54, 1.807) is 23.2 Å². The number of nitriles is 1. The molecule has 5 heterocycles. The molecule has 0 amide bonds. The maximum atomic E-state index is 16.6. The van der Waals surface area contributed by atoms with Crippen molar-refractivity contribution < 1.29 is 18.1 Å². The van der Waals surface area contributed by atoms with Crippen molar-refractivity contribution >= 4 is 45.3 Å². The molecule has 3 atom stereocenters. The lowest BCUT2D eigenvalue weighted by Crippen LogP contribution is -2.43. The SMILES string of the molecule is C/[N+](=C\C1CCN(C#N)C1)c1nc(OC[C@@]23CCCN2C[C@H](F)C3)nc2c(F)c(-c3cccc4cccc(Cl)c34)ncc12. The molecule has 0 N–H and O–H groups in total. The van der Waals surface area contributed by atoms with Crippen LogP contribution in [-0.2, 0) is 0 Å². The van der Waals surface area contributed by atoms with Gasteiger partial charge in [0.25, 0.3) is 0 Å². The first-order valence-corrected chi connectivity index (χ1v) is 15.0. The minimum Gasteiger partial charge on any atom is -0.443 e. The van der Waals surface area contributed by atoms with Gasteiger partial charge in [0.1, 0.15) is 29.4 Å². The molecule has 11 heteroatoms. The quantitative estimate of drug-likeness (QED) is 0.158. The van der Waals surface area contributed by atoms with Crippen LogP contribution in [-0.4, -0.2) is 87.1 Å². The first kappa shape index (κ1) is 27.9. The van der Waals surface area contributed by atoms with Gasteiger partial charge >= 0.3 is 11.8 Å². The second kappa shape index (κ2) is 11.0. The number of fused-ring (bicyclic) bond motifs is 3. The zero-order chi connectivity index (χ0) is 29.7. The average molecular weight is 603 g/mol. The van der Waals surface area contributed by atoms with Crippen molar-refractivity contribution in [1.29, 1.82) is 5.26 Å². The van der Waals surface area contributed by atoms with E-state index in [9.17, 15) is 9.65 Å². The molecule has 3 aliphatic rings. The molecule has 2 aromatic carbocycles. The van der Waals surface area contributed by atoms with Crippen LogP contribution < -0.4 is 4.74 Å². The fourth-order valence-electron chi connectivity index (χ4n) is 7.07. The van der Waals surface area contributed by atoms with Crippen molar-refractivity contribution in [2.45, 2.75) is 37.4 Å². The Kier molecular flexibility index (Phi) is 7.10. The molecular formula is C32H31ClF2N7O+. The Bertz CT molecular complexity index is 1810. The molecule has 3 saturated heterocycles. The first-order chi connectivity index (χ1) is 20.8. The third-order valence-electron chi connectivity index (χ3n) is 9.12. The predicted octanol–water partition coefficient (Wildman–Crippen LogP) is 5.74. The van der Waals surface area contributed by atoms with Crippen LogP contribution in [0.3, 0.4) is 0 Å². The Balaban J connectivity index is 1.34. The van der Waals surface area contributed by atoms with Crippen LogP contribution in [0.5, 0.6) is 6.01 Å². The number of ether oxygens (including phenoxy) is 1. The van der Waals surface area contributed by atoms with Gasteiger partial charge in [0, 0.05) is 59.1 Å². The van der Waals surface area contributed by atoms with Crippen molar-refractivity contribution in [2.24, 2.45) is 5.92 Å². The fraction of sp³-hybridized carbons (Fsp3) is 0.406. The third kappa shape index (κ3) is 4.94. The maximum Gasteiger partial charge on any atom is 0.434 e. The highest BCUT2D eigenvalue weighted by Gasteiger charge is 2.49. The van der Waals surface area contributed by atoms with Crippen LogP contribution in [0.2, 0.25) is 5.02 Å². The maximum absolute atomic E-state index is 16.6. The molecule has 2 aromatic heterocycles. The topological polar surface area (TPSA) is 81.2 Å². The molecule has 1 unspecified atom stereocenters. The van der Waals surface area contributed by atoms with Gasteiger partial charge < -0.3 is 9.64 Å². The van der Waals surface area contributed by atoms with Crippen molar-refractivity contribution in [1.82, 2.24) is 24.8 Å². The summed E-state index contributed by atoms with van der Waals surface area (Å²) in [6.07, 6.45) is 7.95. The zero-order valence-corrected chi connectivity index (χ0v) is 24.6. The highest BCUT2D eigenvalue weighted by molar-refractivity contribution is 6.36. The molecule has 0 aliphatic carbocycles. The number of alkyl halides is 1. The Morgan fingerprint density at radius 3 is 2.86 bits per heavy atom. The van der Waals surface area contributed by atoms with E-state index in [2.05, 4.69) is 21.1 Å². The monoisotopic (exact) mass is 602 g/mol. The lowest BCUT2D eigenvalue weighted by Gasteiger charge is -2.30. The second-order valence-electron chi connectivity index (χ2n) is 11.9. The number of hydrogen-bond acceptors (Lipinski definition) is 7. The van der Waals surface area contributed by atoms with Crippen LogP contribution >= 0.6 is 11.6 Å². The Morgan fingerprint density at radius 2 is 2.05 bits per heavy atom. The zero-order valence-electron chi connectivity index (χ0n) is 23.8. The van der Waals surface area contributed by atoms with Gasteiger partial charge in [-0.25, -0.2) is 13.4 Å². The van der Waals surface area contributed by atoms with Crippen molar-refractivity contribution in [3.05, 3.63) is 53.4 Å². The molecule has 0 bridgehead atoms. The molecular weight excluding hydrogens is 572 g/mol. The summed E-state index contributed by atoms with van der Waals surface area (Å²) in [4.78, 5) is 17.7. The minimum atomic E-state index is -0.893. The summed E-state index contributed by atoms with van der Waals surface area (Å²) < 4.78 is 39.0. The van der Waals surface area contributed by atoms with E-state index in [0.717, 1.165) is 31.2 Å². The van der Waals surface area contributed by atoms with Crippen molar-refractivity contribution in [3.8, 4) is 23.5 Å². The van der Waals surface area contributed by atoms with Gasteiger partial charge in [0.2, 0.25) is 0 Å². The van der Waals surface area contributed by atoms with Crippen LogP contribution in [0.15, 0.2) is 42.6 Å². The normalized spacial score (nSPS) is 24.2. The predicted molar refractivity (Wildman–Crippen MR) is 161 cm³/mol. The van der Waals surface area contributed by atoms with Gasteiger partial charge in [0.05, 0.1) is 18.8 Å². The standard InChI is InChI=1S/C32H31ClF2N7O/c1-40(15-20-9-12-41(16-20)19-36)30-24-14-37-28(23-7-2-5-21-6-3-8-25(33)26(21)23)27(35)29(24)38-31(39-30)43-18-32-10-4-11-42(32)17-22(34)13-32/h2-3,5-8,14-15,20,22H,4,9-13,16-18H2,1H3/q+1/b40-15+/t20?,22-,32+/m1/s1. The summed E-state index contributed by atoms with van der Waals surface area (Å²) >= 11 is 6.57. The number of benzene rings is 2. The van der Waals surface area contributed by atoms with E-state index in [1.165, 1.54) is 0 Å². The summed E-state index contributed by atoms with van der Waals surface area (Å²) in [5.74, 6) is -0.0339. The van der Waals surface area contributed by atoms with Gasteiger partial charge in [-0.3, -0.25) is 9.88 Å². The van der Waals surface area contributed by atoms with Crippen LogP contribution in [0, 0.1) is 23.2 Å². The molecule has 0 radical (unpaired) electrons. The van der Waals surface area contributed by atoms with Crippen molar-refractivity contribution in [2.75, 3.05) is 39.8 Å². The fourth-order valence-corrected chi connectivity index (χ4v) is 7.35. The van der Waals surface area contributed by atoms with Gasteiger partial charge in [-0.2, -0.15) is 10.2 Å². The Morgan fingerprint density at radius 1 is 1.21 bits per heavy atom. The molecule has 3 aliphatic heterocycles. The van der Waals surface area contributed by atoms with E-state index < -0.39 is 17.5 Å². The van der Waals surface area contributed by atoms with E-state index >= 15 is 4.39 Å². The molecule has 8 nitrogen and oxygen atoms in total. The van der Waals surface area contributed by atoms with Crippen LogP contribution in [0.4, 0.5) is 14.6 Å². The minimum absolute atomic E-state index is 0.0309. The third-order valence-corrected chi connectivity index (χ3v) is 9.43. The molecule has 220 valence electrons. The summed E-state index contributed by atoms with van der Waals surface area (Å²) in [5, 5.41) is 11.8. The molecule has 43 heavy (non-hydrogen) atoms. The number of pyridine rings is 1. The number of aromatic nitrogens is 3. The van der Waals surface area contributed by atoms with E-state index in [1.807, 2.05) is 42.1 Å². The molecule has 4 aromatic rings. The molecule has 0 saturated carbocycles. The van der Waals surface area contributed by atoms with Gasteiger partial charge in [-0.1, -0.05) is 41.9 Å². The summed E-state index contributed by atoms with van der Waals surface area (Å²) in [7, 11) is 1.85. The van der Waals surface area contributed by atoms with Crippen LogP contribution in [0.25, 0.3) is 32.9 Å². The summed E-state index contributed by atoms with van der Waals surface area (Å²) in [6, 6.07) is 11.2. The lowest BCUT2D eigenvalue weighted by atomic mass is 9.95. The number of rotatable bonds is 6. The van der Waals surface area contributed by atoms with Gasteiger partial charge in [-0.15, -0.1) is 0 Å². The van der Waals surface area contributed by atoms with Gasteiger partial charge in [0.15, 0.2) is 12.0 Å². The van der Waals surface area contributed by atoms with E-state index in [4.69, 9.17) is 21.3 Å². The Hall–Kier alpha value is -3.94. The highest BCUT2D eigenvalue weighted by atomic mass is 35.5. The number of halogens is 3. The Labute approximate surface area is 253 Å². The lowest BCUT2D eigenvalue weighted by molar-refractivity contribution is -0.405. The smallest absolute Gasteiger partial charge is 0.434 e. The first-order valence-electron chi connectivity index (χ1n) is 14.6. The van der Waals surface area contributed by atoms with Gasteiger partial charge in [-0.05, 0) is 37.3 Å². The number of nitrogens with zero attached hydrogens (tertiary/aromatic N) is 7. The number of hydrogen-bond donors (Lipinski definition) is 0. The highest BCUT2D eigenvalue weighted by Crippen LogP contribution is 2.41. The largest absolute Gasteiger partial charge is 0.443 e. The molecule has 3 fully saturated rings. The van der Waals surface area contributed by atoms with E-state index in [0.29, 0.717) is 53.2 Å². The molecule has 7 rings (SSSR count). The van der Waals surface area contributed by atoms with E-state index in [-0.39, 0.29) is 29.7 Å². The molecule has 0 spiro atoms. The average Bonchev–Trinajstić information content (AvgIpc) is 3.70. The number of likely N-dealkylation sites (tertiary alicyclic amines) is 1. The summed E-state index contributed by atoms with van der Waals surface area (Å²) in [6.45, 7) is 2.76. The second-order valence-corrected chi connectivity index (χ2v) is 12.3. The van der Waals surface area contributed by atoms with Crippen molar-refractivity contribution in [3.63, 3.8) is 0 Å².